The zero-order valence-electron chi connectivity index (χ0n) is 13.1. The number of halogens is 1. The summed E-state index contributed by atoms with van der Waals surface area (Å²) in [4.78, 5) is 4.12. The number of rotatable bonds is 10. The lowest BCUT2D eigenvalue weighted by Crippen LogP contribution is -2.34. The summed E-state index contributed by atoms with van der Waals surface area (Å²) >= 11 is 2.23. The van der Waals surface area contributed by atoms with Crippen molar-refractivity contribution in [3.8, 4) is 5.75 Å². The molecule has 1 atom stereocenters. The number of guanidine groups is 1. The average Bonchev–Trinajstić information content (AvgIpc) is 2.52. The van der Waals surface area contributed by atoms with Gasteiger partial charge in [0.15, 0.2) is 5.96 Å². The first kappa shape index (κ1) is 19.0. The fourth-order valence-corrected chi connectivity index (χ4v) is 2.16. The predicted molar refractivity (Wildman–Crippen MR) is 99.3 cm³/mol. The van der Waals surface area contributed by atoms with E-state index in [4.69, 9.17) is 10.5 Å². The first-order valence-corrected chi connectivity index (χ1v) is 8.80. The van der Waals surface area contributed by atoms with Crippen LogP contribution < -0.4 is 15.8 Å². The number of nitrogens with zero attached hydrogens (tertiary/aromatic N) is 1. The largest absolute Gasteiger partial charge is 0.491 e. The van der Waals surface area contributed by atoms with E-state index in [0.717, 1.165) is 22.3 Å². The second kappa shape index (κ2) is 11.5. The third-order valence-corrected chi connectivity index (χ3v) is 3.78. The molecule has 124 valence electrons. The summed E-state index contributed by atoms with van der Waals surface area (Å²) in [6, 6.07) is 7.68. The Labute approximate surface area is 146 Å². The number of ether oxygens (including phenoxy) is 1. The van der Waals surface area contributed by atoms with Gasteiger partial charge in [-0.3, -0.25) is 4.99 Å². The average molecular weight is 419 g/mol. The first-order valence-electron chi connectivity index (χ1n) is 7.72. The standard InChI is InChI=1S/C16H26IN3O2/c1-2-3-4-5-10-19-16(18)20-11-14(21)12-22-15-8-6-13(17)7-9-15/h6-9,14,21H,2-5,10-12H2,1H3,(H3,18,19,20). The summed E-state index contributed by atoms with van der Waals surface area (Å²) in [6.07, 6.45) is 4.08. The van der Waals surface area contributed by atoms with Crippen molar-refractivity contribution >= 4 is 28.6 Å². The number of unbranched alkanes of at least 4 members (excludes halogenated alkanes) is 3. The number of nitrogens with two attached hydrogens (primary N) is 1. The Morgan fingerprint density at radius 1 is 1.32 bits per heavy atom. The fraction of sp³-hybridized carbons (Fsp3) is 0.562. The van der Waals surface area contributed by atoms with Gasteiger partial charge in [-0.15, -0.1) is 0 Å². The summed E-state index contributed by atoms with van der Waals surface area (Å²) in [6.45, 7) is 3.44. The van der Waals surface area contributed by atoms with Crippen LogP contribution in [0.3, 0.4) is 0 Å². The van der Waals surface area contributed by atoms with Gasteiger partial charge in [-0.1, -0.05) is 26.2 Å². The maximum Gasteiger partial charge on any atom is 0.188 e. The van der Waals surface area contributed by atoms with Crippen molar-refractivity contribution in [3.05, 3.63) is 27.8 Å². The lowest BCUT2D eigenvalue weighted by molar-refractivity contribution is 0.114. The molecule has 1 unspecified atom stereocenters. The van der Waals surface area contributed by atoms with Gasteiger partial charge >= 0.3 is 0 Å². The second-order valence-corrected chi connectivity index (χ2v) is 6.38. The van der Waals surface area contributed by atoms with E-state index in [-0.39, 0.29) is 13.2 Å². The summed E-state index contributed by atoms with van der Waals surface area (Å²) in [5.41, 5.74) is 5.75. The van der Waals surface area contributed by atoms with Crippen LogP contribution in [0.2, 0.25) is 0 Å². The van der Waals surface area contributed by atoms with Crippen LogP contribution in [0.5, 0.6) is 5.75 Å². The van der Waals surface area contributed by atoms with Crippen LogP contribution in [0.15, 0.2) is 29.3 Å². The van der Waals surface area contributed by atoms with Gasteiger partial charge in [0.2, 0.25) is 0 Å². The van der Waals surface area contributed by atoms with E-state index in [2.05, 4.69) is 39.8 Å². The van der Waals surface area contributed by atoms with Crippen molar-refractivity contribution in [2.75, 3.05) is 19.7 Å². The van der Waals surface area contributed by atoms with Crippen LogP contribution >= 0.6 is 22.6 Å². The molecular formula is C16H26IN3O2. The van der Waals surface area contributed by atoms with Gasteiger partial charge in [-0.2, -0.15) is 0 Å². The van der Waals surface area contributed by atoms with E-state index < -0.39 is 6.10 Å². The van der Waals surface area contributed by atoms with Crippen LogP contribution in [-0.2, 0) is 0 Å². The van der Waals surface area contributed by atoms with Crippen LogP contribution in [-0.4, -0.2) is 36.9 Å². The molecule has 0 saturated heterocycles. The maximum absolute atomic E-state index is 9.84. The topological polar surface area (TPSA) is 79.9 Å². The van der Waals surface area contributed by atoms with Crippen LogP contribution in [0.1, 0.15) is 32.6 Å². The van der Waals surface area contributed by atoms with E-state index in [9.17, 15) is 5.11 Å². The molecule has 5 nitrogen and oxygen atoms in total. The molecular weight excluding hydrogens is 393 g/mol. The van der Waals surface area contributed by atoms with Crippen molar-refractivity contribution in [2.45, 2.75) is 38.7 Å². The molecule has 1 aromatic rings. The molecule has 1 aromatic carbocycles. The van der Waals surface area contributed by atoms with Crippen molar-refractivity contribution in [3.63, 3.8) is 0 Å². The highest BCUT2D eigenvalue weighted by Gasteiger charge is 2.05. The Morgan fingerprint density at radius 2 is 2.05 bits per heavy atom. The maximum atomic E-state index is 9.84. The minimum atomic E-state index is -0.667. The summed E-state index contributed by atoms with van der Waals surface area (Å²) in [5.74, 6) is 1.12. The van der Waals surface area contributed by atoms with Gasteiger partial charge in [0.25, 0.3) is 0 Å². The molecule has 0 spiro atoms. The van der Waals surface area contributed by atoms with Gasteiger partial charge in [0.05, 0.1) is 6.54 Å². The van der Waals surface area contributed by atoms with Crippen LogP contribution in [0.4, 0.5) is 0 Å². The van der Waals surface area contributed by atoms with Gasteiger partial charge < -0.3 is 20.9 Å². The molecule has 1 rings (SSSR count). The molecule has 6 heteroatoms. The van der Waals surface area contributed by atoms with Crippen molar-refractivity contribution in [1.82, 2.24) is 5.32 Å². The highest BCUT2D eigenvalue weighted by molar-refractivity contribution is 14.1. The molecule has 0 aliphatic heterocycles. The Kier molecular flexibility index (Phi) is 9.98. The van der Waals surface area contributed by atoms with Crippen molar-refractivity contribution in [2.24, 2.45) is 10.7 Å². The molecule has 0 saturated carbocycles. The quantitative estimate of drug-likeness (QED) is 0.236. The number of hydrogen-bond donors (Lipinski definition) is 3. The fourth-order valence-electron chi connectivity index (χ4n) is 1.80. The van der Waals surface area contributed by atoms with Gasteiger partial charge in [0.1, 0.15) is 18.5 Å². The van der Waals surface area contributed by atoms with Crippen molar-refractivity contribution in [1.29, 1.82) is 0 Å². The highest BCUT2D eigenvalue weighted by atomic mass is 127. The second-order valence-electron chi connectivity index (χ2n) is 5.13. The third kappa shape index (κ3) is 9.09. The summed E-state index contributed by atoms with van der Waals surface area (Å²) in [7, 11) is 0. The summed E-state index contributed by atoms with van der Waals surface area (Å²) < 4.78 is 6.64. The van der Waals surface area contributed by atoms with Gasteiger partial charge in [0, 0.05) is 10.1 Å². The van der Waals surface area contributed by atoms with Gasteiger partial charge in [-0.05, 0) is 53.3 Å². The molecule has 0 radical (unpaired) electrons. The molecule has 0 fully saturated rings. The molecule has 22 heavy (non-hydrogen) atoms. The smallest absolute Gasteiger partial charge is 0.188 e. The number of hydrogen-bond acceptors (Lipinski definition) is 3. The number of nitrogens with one attached hydrogen (secondary N) is 1. The highest BCUT2D eigenvalue weighted by Crippen LogP contribution is 2.13. The van der Waals surface area contributed by atoms with E-state index in [0.29, 0.717) is 5.96 Å². The third-order valence-electron chi connectivity index (χ3n) is 3.06. The van der Waals surface area contributed by atoms with Gasteiger partial charge in [-0.25, -0.2) is 0 Å². The number of aliphatic hydroxyl groups is 1. The lowest BCUT2D eigenvalue weighted by Gasteiger charge is -2.11. The predicted octanol–water partition coefficient (Wildman–Crippen LogP) is 2.52. The SMILES string of the molecule is CCCCCCNC(N)=NCC(O)COc1ccc(I)cc1. The molecule has 0 heterocycles. The molecule has 4 N–H and O–H groups in total. The Hall–Kier alpha value is -1.02. The normalized spacial score (nSPS) is 13.0. The van der Waals surface area contributed by atoms with E-state index >= 15 is 0 Å². The molecule has 0 amide bonds. The zero-order valence-corrected chi connectivity index (χ0v) is 15.3. The first-order chi connectivity index (χ1) is 10.6. The molecule has 0 bridgehead atoms. The minimum Gasteiger partial charge on any atom is -0.491 e. The lowest BCUT2D eigenvalue weighted by atomic mass is 10.2. The number of aliphatic imine (C=N–C) groups is 1. The number of aliphatic hydroxyl groups excluding tert-OH is 1. The van der Waals surface area contributed by atoms with E-state index in [1.807, 2.05) is 24.3 Å². The minimum absolute atomic E-state index is 0.202. The van der Waals surface area contributed by atoms with E-state index in [1.165, 1.54) is 19.3 Å². The monoisotopic (exact) mass is 419 g/mol. The van der Waals surface area contributed by atoms with E-state index in [1.54, 1.807) is 0 Å². The molecule has 0 aliphatic carbocycles. The van der Waals surface area contributed by atoms with Crippen LogP contribution in [0, 0.1) is 3.57 Å². The Bertz CT molecular complexity index is 438. The Morgan fingerprint density at radius 3 is 2.73 bits per heavy atom. The van der Waals surface area contributed by atoms with Crippen LogP contribution in [0.25, 0.3) is 0 Å². The zero-order chi connectivity index (χ0) is 16.2. The molecule has 0 aliphatic rings. The Balaban J connectivity index is 2.16. The number of benzene rings is 1. The molecule has 0 aromatic heterocycles. The van der Waals surface area contributed by atoms with Crippen molar-refractivity contribution < 1.29 is 9.84 Å². The summed E-state index contributed by atoms with van der Waals surface area (Å²) in [5, 5.41) is 12.9.